The van der Waals surface area contributed by atoms with Crippen molar-refractivity contribution in [2.45, 2.75) is 16.9 Å². The summed E-state index contributed by atoms with van der Waals surface area (Å²) < 4.78 is 10.2. The number of rotatable bonds is 6. The quantitative estimate of drug-likeness (QED) is 0.665. The lowest BCUT2D eigenvalue weighted by molar-refractivity contribution is 0.0978. The molecule has 2 aromatic rings. The number of Topliss-reactive ketones (excluding diaryl/α,β-unsaturated/α-hetero) is 1. The number of carbonyl (C=O) groups is 1. The van der Waals surface area contributed by atoms with Crippen LogP contribution >= 0.6 is 23.5 Å². The van der Waals surface area contributed by atoms with E-state index in [2.05, 4.69) is 12.1 Å². The molecule has 3 nitrogen and oxygen atoms in total. The molecule has 3 rings (SSSR count). The van der Waals surface area contributed by atoms with Crippen molar-refractivity contribution in [1.29, 1.82) is 0 Å². The summed E-state index contributed by atoms with van der Waals surface area (Å²) in [5.41, 5.74) is 1.92. The van der Waals surface area contributed by atoms with Gasteiger partial charge in [0.2, 0.25) is 0 Å². The van der Waals surface area contributed by atoms with Gasteiger partial charge in [-0.15, -0.1) is 23.5 Å². The van der Waals surface area contributed by atoms with Gasteiger partial charge >= 0.3 is 0 Å². The monoisotopic (exact) mass is 374 g/mol. The zero-order valence-corrected chi connectivity index (χ0v) is 16.1. The Hall–Kier alpha value is -1.59. The van der Waals surface area contributed by atoms with Crippen molar-refractivity contribution in [3.63, 3.8) is 0 Å². The van der Waals surface area contributed by atoms with Gasteiger partial charge in [0, 0.05) is 12.0 Å². The van der Waals surface area contributed by atoms with E-state index in [0.29, 0.717) is 6.42 Å². The van der Waals surface area contributed by atoms with Gasteiger partial charge in [0.25, 0.3) is 0 Å². The Balaban J connectivity index is 1.85. The Morgan fingerprint density at radius 2 is 1.44 bits per heavy atom. The first-order valence-corrected chi connectivity index (χ1v) is 10.2. The second-order valence-electron chi connectivity index (χ2n) is 5.86. The molecule has 0 bridgehead atoms. The predicted molar refractivity (Wildman–Crippen MR) is 106 cm³/mol. The molecule has 0 atom stereocenters. The minimum absolute atomic E-state index is 0.167. The van der Waals surface area contributed by atoms with E-state index in [1.807, 2.05) is 59.9 Å². The third kappa shape index (κ3) is 4.15. The van der Waals surface area contributed by atoms with Crippen molar-refractivity contribution < 1.29 is 14.3 Å². The second kappa shape index (κ2) is 8.19. The summed E-state index contributed by atoms with van der Waals surface area (Å²) in [6, 6.07) is 15.5. The fourth-order valence-corrected chi connectivity index (χ4v) is 6.21. The number of thioether (sulfide) groups is 2. The molecule has 1 heterocycles. The van der Waals surface area contributed by atoms with Gasteiger partial charge in [-0.3, -0.25) is 4.79 Å². The number of benzene rings is 2. The molecule has 0 amide bonds. The third-order valence-corrected chi connectivity index (χ3v) is 7.68. The van der Waals surface area contributed by atoms with Gasteiger partial charge in [-0.05, 0) is 59.9 Å². The highest BCUT2D eigenvalue weighted by Crippen LogP contribution is 2.53. The van der Waals surface area contributed by atoms with Crippen LogP contribution in [-0.2, 0) is 4.08 Å². The number of hydrogen-bond acceptors (Lipinski definition) is 5. The fourth-order valence-electron chi connectivity index (χ4n) is 2.88. The average molecular weight is 375 g/mol. The molecule has 2 aromatic carbocycles. The van der Waals surface area contributed by atoms with Crippen LogP contribution in [0.4, 0.5) is 0 Å². The summed E-state index contributed by atoms with van der Waals surface area (Å²) >= 11 is 3.77. The molecule has 1 fully saturated rings. The van der Waals surface area contributed by atoms with Crippen LogP contribution in [0.25, 0.3) is 0 Å². The van der Waals surface area contributed by atoms with E-state index in [1.165, 1.54) is 12.0 Å². The number of ether oxygens (including phenoxy) is 2. The van der Waals surface area contributed by atoms with Gasteiger partial charge in [-0.25, -0.2) is 0 Å². The maximum atomic E-state index is 12.9. The zero-order chi connectivity index (χ0) is 17.7. The smallest absolute Gasteiger partial charge is 0.165 e. The molecule has 0 N–H and O–H groups in total. The highest BCUT2D eigenvalue weighted by Gasteiger charge is 2.38. The van der Waals surface area contributed by atoms with Crippen LogP contribution in [-0.4, -0.2) is 31.5 Å². The molecule has 0 radical (unpaired) electrons. The van der Waals surface area contributed by atoms with Gasteiger partial charge in [-0.2, -0.15) is 0 Å². The first kappa shape index (κ1) is 18.2. The van der Waals surface area contributed by atoms with Crippen LogP contribution in [0.3, 0.4) is 0 Å². The van der Waals surface area contributed by atoms with Crippen LogP contribution in [0.15, 0.2) is 48.5 Å². The van der Waals surface area contributed by atoms with Crippen molar-refractivity contribution in [2.24, 2.45) is 0 Å². The van der Waals surface area contributed by atoms with Gasteiger partial charge in [0.15, 0.2) is 5.78 Å². The molecule has 0 aromatic heterocycles. The van der Waals surface area contributed by atoms with Crippen LogP contribution in [0.1, 0.15) is 28.8 Å². The lowest BCUT2D eigenvalue weighted by Crippen LogP contribution is -2.26. The van der Waals surface area contributed by atoms with E-state index in [0.717, 1.165) is 28.6 Å². The van der Waals surface area contributed by atoms with Crippen molar-refractivity contribution >= 4 is 29.3 Å². The molecule has 1 aliphatic heterocycles. The Labute approximate surface area is 157 Å². The molecule has 5 heteroatoms. The van der Waals surface area contributed by atoms with Crippen LogP contribution < -0.4 is 9.47 Å². The molecule has 1 aliphatic rings. The summed E-state index contributed by atoms with van der Waals surface area (Å²) in [6.45, 7) is 0. The van der Waals surface area contributed by atoms with E-state index in [-0.39, 0.29) is 9.86 Å². The van der Waals surface area contributed by atoms with E-state index in [9.17, 15) is 4.79 Å². The summed E-state index contributed by atoms with van der Waals surface area (Å²) in [6.07, 6.45) is 1.67. The predicted octanol–water partition coefficient (Wildman–Crippen LogP) is 5.00. The van der Waals surface area contributed by atoms with Crippen LogP contribution in [0, 0.1) is 0 Å². The highest BCUT2D eigenvalue weighted by molar-refractivity contribution is 8.18. The van der Waals surface area contributed by atoms with E-state index in [1.54, 1.807) is 14.2 Å². The lowest BCUT2D eigenvalue weighted by atomic mass is 10.0. The van der Waals surface area contributed by atoms with Crippen molar-refractivity contribution in [2.75, 3.05) is 25.7 Å². The SMILES string of the molecule is COc1ccc(C(=O)CC2(c3ccc(OC)cc3)SCCCS2)cc1. The largest absolute Gasteiger partial charge is 0.497 e. The first-order chi connectivity index (χ1) is 12.2. The Kier molecular flexibility index (Phi) is 5.97. The molecule has 25 heavy (non-hydrogen) atoms. The van der Waals surface area contributed by atoms with Crippen molar-refractivity contribution in [3.8, 4) is 11.5 Å². The summed E-state index contributed by atoms with van der Waals surface area (Å²) in [4.78, 5) is 12.9. The van der Waals surface area contributed by atoms with Gasteiger partial charge in [0.1, 0.15) is 11.5 Å². The molecule has 1 saturated heterocycles. The Morgan fingerprint density at radius 3 is 1.96 bits per heavy atom. The molecule has 132 valence electrons. The summed E-state index contributed by atoms with van der Waals surface area (Å²) in [5, 5.41) is 0. The van der Waals surface area contributed by atoms with E-state index >= 15 is 0 Å². The normalized spacial score (nSPS) is 16.2. The average Bonchev–Trinajstić information content (AvgIpc) is 2.69. The van der Waals surface area contributed by atoms with Gasteiger partial charge in [-0.1, -0.05) is 12.1 Å². The van der Waals surface area contributed by atoms with Crippen LogP contribution in [0.2, 0.25) is 0 Å². The Bertz CT molecular complexity index is 705. The molecular weight excluding hydrogens is 352 g/mol. The topological polar surface area (TPSA) is 35.5 Å². The Morgan fingerprint density at radius 1 is 0.920 bits per heavy atom. The number of methoxy groups -OCH3 is 2. The van der Waals surface area contributed by atoms with Gasteiger partial charge in [0.05, 0.1) is 18.3 Å². The maximum absolute atomic E-state index is 12.9. The second-order valence-corrected chi connectivity index (χ2v) is 8.91. The van der Waals surface area contributed by atoms with Crippen molar-refractivity contribution in [1.82, 2.24) is 0 Å². The number of carbonyl (C=O) groups excluding carboxylic acids is 1. The van der Waals surface area contributed by atoms with Gasteiger partial charge < -0.3 is 9.47 Å². The minimum atomic E-state index is -0.221. The third-order valence-electron chi connectivity index (χ3n) is 4.29. The standard InChI is InChI=1S/C20H22O3S2/c1-22-17-8-4-15(5-9-17)19(21)14-20(24-12-3-13-25-20)16-6-10-18(23-2)11-7-16/h4-11H,3,12-14H2,1-2H3. The van der Waals surface area contributed by atoms with Crippen LogP contribution in [0.5, 0.6) is 11.5 Å². The number of hydrogen-bond donors (Lipinski definition) is 0. The molecule has 0 saturated carbocycles. The maximum Gasteiger partial charge on any atom is 0.165 e. The fraction of sp³-hybridized carbons (Fsp3) is 0.350. The first-order valence-electron chi connectivity index (χ1n) is 8.26. The minimum Gasteiger partial charge on any atom is -0.497 e. The number of ketones is 1. The molecule has 0 aliphatic carbocycles. The molecular formula is C20H22O3S2. The zero-order valence-electron chi connectivity index (χ0n) is 14.5. The van der Waals surface area contributed by atoms with Crippen molar-refractivity contribution in [3.05, 3.63) is 59.7 Å². The summed E-state index contributed by atoms with van der Waals surface area (Å²) in [5.74, 6) is 3.93. The lowest BCUT2D eigenvalue weighted by Gasteiger charge is -2.36. The summed E-state index contributed by atoms with van der Waals surface area (Å²) in [7, 11) is 3.30. The highest BCUT2D eigenvalue weighted by atomic mass is 32.2. The molecule has 0 spiro atoms. The molecule has 0 unspecified atom stereocenters. The van der Waals surface area contributed by atoms with E-state index < -0.39 is 0 Å². The van der Waals surface area contributed by atoms with E-state index in [4.69, 9.17) is 9.47 Å².